The van der Waals surface area contributed by atoms with E-state index in [1.165, 1.54) is 0 Å². The van der Waals surface area contributed by atoms with E-state index in [2.05, 4.69) is 0 Å². The van der Waals surface area contributed by atoms with Crippen LogP contribution < -0.4 is 5.73 Å². The van der Waals surface area contributed by atoms with Gasteiger partial charge < -0.3 is 15.4 Å². The predicted octanol–water partition coefficient (Wildman–Crippen LogP) is 2.71. The molecular formula is C17H21N3O2. The number of aryl methyl sites for hydroxylation is 2. The molecule has 5 nitrogen and oxygen atoms in total. The number of aromatic nitrogens is 2. The molecule has 0 saturated heterocycles. The van der Waals surface area contributed by atoms with Gasteiger partial charge in [-0.25, -0.2) is 9.78 Å². The van der Waals surface area contributed by atoms with Gasteiger partial charge in [-0.05, 0) is 62.4 Å². The van der Waals surface area contributed by atoms with Crippen LogP contribution in [0.2, 0.25) is 0 Å². The molecule has 1 aliphatic rings. The highest BCUT2D eigenvalue weighted by Gasteiger charge is 2.38. The molecule has 116 valence electrons. The van der Waals surface area contributed by atoms with Gasteiger partial charge in [0.05, 0.1) is 16.6 Å². The topological polar surface area (TPSA) is 81.1 Å². The smallest absolute Gasteiger partial charge is 0.331 e. The van der Waals surface area contributed by atoms with Crippen LogP contribution >= 0.6 is 0 Å². The van der Waals surface area contributed by atoms with Gasteiger partial charge in [0, 0.05) is 12.6 Å². The summed E-state index contributed by atoms with van der Waals surface area (Å²) in [5.41, 5.74) is 10.2. The lowest BCUT2D eigenvalue weighted by Crippen LogP contribution is -2.45. The van der Waals surface area contributed by atoms with E-state index in [0.717, 1.165) is 47.2 Å². The number of hydrogen-bond acceptors (Lipinski definition) is 3. The molecule has 22 heavy (non-hydrogen) atoms. The first-order valence-electron chi connectivity index (χ1n) is 7.50. The van der Waals surface area contributed by atoms with Crippen molar-refractivity contribution < 1.29 is 9.90 Å². The summed E-state index contributed by atoms with van der Waals surface area (Å²) < 4.78 is 2.04. The number of carboxylic acid groups (broad SMARTS) is 1. The van der Waals surface area contributed by atoms with Crippen LogP contribution in [0.4, 0.5) is 0 Å². The van der Waals surface area contributed by atoms with Crippen molar-refractivity contribution in [2.24, 2.45) is 12.8 Å². The summed E-state index contributed by atoms with van der Waals surface area (Å²) >= 11 is 0. The standard InChI is InChI=1S/C17H21N3O2/c1-10-8-13-14(9-12(10)7-11(2)15(21)22)20(3)16(19-13)17(18)5-4-6-17/h7-9H,4-6,18H2,1-3H3,(H,21,22)/b11-7+. The molecule has 5 heteroatoms. The van der Waals surface area contributed by atoms with Gasteiger partial charge in [-0.15, -0.1) is 0 Å². The molecule has 0 bridgehead atoms. The lowest BCUT2D eigenvalue weighted by atomic mass is 9.77. The van der Waals surface area contributed by atoms with Crippen LogP contribution in [0.1, 0.15) is 43.1 Å². The maximum Gasteiger partial charge on any atom is 0.331 e. The van der Waals surface area contributed by atoms with E-state index in [-0.39, 0.29) is 5.54 Å². The van der Waals surface area contributed by atoms with Crippen molar-refractivity contribution in [2.75, 3.05) is 0 Å². The molecule has 0 radical (unpaired) electrons. The van der Waals surface area contributed by atoms with E-state index in [4.69, 9.17) is 15.8 Å². The quantitative estimate of drug-likeness (QED) is 0.854. The second kappa shape index (κ2) is 4.95. The van der Waals surface area contributed by atoms with E-state index in [1.807, 2.05) is 30.7 Å². The third-order valence-electron chi connectivity index (χ3n) is 4.67. The van der Waals surface area contributed by atoms with Crippen LogP contribution in [-0.2, 0) is 17.4 Å². The second-order valence-electron chi connectivity index (χ2n) is 6.33. The maximum absolute atomic E-state index is 11.0. The largest absolute Gasteiger partial charge is 0.478 e. The molecule has 2 aromatic rings. The first-order valence-corrected chi connectivity index (χ1v) is 7.50. The van der Waals surface area contributed by atoms with Gasteiger partial charge in [-0.2, -0.15) is 0 Å². The van der Waals surface area contributed by atoms with Crippen LogP contribution in [0.5, 0.6) is 0 Å². The fraction of sp³-hybridized carbons (Fsp3) is 0.412. The van der Waals surface area contributed by atoms with Crippen LogP contribution in [0.3, 0.4) is 0 Å². The van der Waals surface area contributed by atoms with Crippen molar-refractivity contribution in [1.29, 1.82) is 0 Å². The summed E-state index contributed by atoms with van der Waals surface area (Å²) in [5.74, 6) is 0.0183. The van der Waals surface area contributed by atoms with Gasteiger partial charge in [0.2, 0.25) is 0 Å². The third kappa shape index (κ3) is 2.22. The number of aliphatic carboxylic acids is 1. The van der Waals surface area contributed by atoms with Crippen molar-refractivity contribution >= 4 is 23.1 Å². The third-order valence-corrected chi connectivity index (χ3v) is 4.67. The molecule has 1 aromatic heterocycles. The van der Waals surface area contributed by atoms with E-state index >= 15 is 0 Å². The average Bonchev–Trinajstić information content (AvgIpc) is 2.73. The Morgan fingerprint density at radius 3 is 2.68 bits per heavy atom. The average molecular weight is 299 g/mol. The van der Waals surface area contributed by atoms with Gasteiger partial charge in [0.25, 0.3) is 0 Å². The zero-order valence-electron chi connectivity index (χ0n) is 13.2. The highest BCUT2D eigenvalue weighted by atomic mass is 16.4. The summed E-state index contributed by atoms with van der Waals surface area (Å²) in [5, 5.41) is 9.05. The second-order valence-corrected chi connectivity index (χ2v) is 6.33. The van der Waals surface area contributed by atoms with Crippen LogP contribution in [-0.4, -0.2) is 20.6 Å². The lowest BCUT2D eigenvalue weighted by molar-refractivity contribution is -0.132. The van der Waals surface area contributed by atoms with Gasteiger partial charge in [0.15, 0.2) is 0 Å². The minimum atomic E-state index is -0.902. The van der Waals surface area contributed by atoms with E-state index < -0.39 is 5.97 Å². The van der Waals surface area contributed by atoms with Crippen molar-refractivity contribution in [2.45, 2.75) is 38.6 Å². The Bertz CT molecular complexity index is 798. The lowest BCUT2D eigenvalue weighted by Gasteiger charge is -2.37. The van der Waals surface area contributed by atoms with Crippen molar-refractivity contribution in [3.8, 4) is 0 Å². The Kier molecular flexibility index (Phi) is 3.33. The molecule has 0 aliphatic heterocycles. The normalized spacial score (nSPS) is 17.5. The van der Waals surface area contributed by atoms with Crippen molar-refractivity contribution in [3.05, 3.63) is 34.7 Å². The van der Waals surface area contributed by atoms with Crippen molar-refractivity contribution in [3.63, 3.8) is 0 Å². The molecule has 0 spiro atoms. The maximum atomic E-state index is 11.0. The summed E-state index contributed by atoms with van der Waals surface area (Å²) in [6.45, 7) is 3.57. The first-order chi connectivity index (χ1) is 10.3. The predicted molar refractivity (Wildman–Crippen MR) is 86.5 cm³/mol. The number of rotatable bonds is 3. The zero-order valence-corrected chi connectivity index (χ0v) is 13.2. The molecule has 1 heterocycles. The minimum Gasteiger partial charge on any atom is -0.478 e. The monoisotopic (exact) mass is 299 g/mol. The number of carbonyl (C=O) groups is 1. The number of carboxylic acids is 1. The number of fused-ring (bicyclic) bond motifs is 1. The minimum absolute atomic E-state index is 0.311. The summed E-state index contributed by atoms with van der Waals surface area (Å²) in [6.07, 6.45) is 4.78. The molecule has 3 rings (SSSR count). The molecule has 3 N–H and O–H groups in total. The van der Waals surface area contributed by atoms with Gasteiger partial charge in [-0.1, -0.05) is 0 Å². The Morgan fingerprint density at radius 2 is 2.14 bits per heavy atom. The zero-order chi connectivity index (χ0) is 16.1. The molecular weight excluding hydrogens is 278 g/mol. The molecule has 1 aromatic carbocycles. The van der Waals surface area contributed by atoms with Crippen LogP contribution in [0.25, 0.3) is 17.1 Å². The number of nitrogens with two attached hydrogens (primary N) is 1. The summed E-state index contributed by atoms with van der Waals surface area (Å²) in [4.78, 5) is 15.7. The van der Waals surface area contributed by atoms with Gasteiger partial charge in [0.1, 0.15) is 5.82 Å². The van der Waals surface area contributed by atoms with E-state index in [9.17, 15) is 4.79 Å². The Hall–Kier alpha value is -2.14. The molecule has 0 atom stereocenters. The van der Waals surface area contributed by atoms with E-state index in [1.54, 1.807) is 13.0 Å². The fourth-order valence-corrected chi connectivity index (χ4v) is 3.04. The summed E-state index contributed by atoms with van der Waals surface area (Å²) in [7, 11) is 1.98. The number of benzene rings is 1. The Balaban J connectivity index is 2.15. The molecule has 0 amide bonds. The molecule has 0 unspecified atom stereocenters. The van der Waals surface area contributed by atoms with Gasteiger partial charge in [-0.3, -0.25) is 0 Å². The van der Waals surface area contributed by atoms with Crippen LogP contribution in [0, 0.1) is 6.92 Å². The Labute approximate surface area is 129 Å². The van der Waals surface area contributed by atoms with Crippen LogP contribution in [0.15, 0.2) is 17.7 Å². The summed E-state index contributed by atoms with van der Waals surface area (Å²) in [6, 6.07) is 4.00. The Morgan fingerprint density at radius 1 is 1.45 bits per heavy atom. The SMILES string of the molecule is C/C(=C\c1cc2c(cc1C)nc(C1(N)CCC1)n2C)C(=O)O. The number of nitrogens with zero attached hydrogens (tertiary/aromatic N) is 2. The molecule has 1 aliphatic carbocycles. The molecule has 1 fully saturated rings. The van der Waals surface area contributed by atoms with Gasteiger partial charge >= 0.3 is 5.97 Å². The highest BCUT2D eigenvalue weighted by Crippen LogP contribution is 2.39. The fourth-order valence-electron chi connectivity index (χ4n) is 3.04. The first kappa shape index (κ1) is 14.8. The van der Waals surface area contributed by atoms with Crippen molar-refractivity contribution in [1.82, 2.24) is 9.55 Å². The number of imidazole rings is 1. The van der Waals surface area contributed by atoms with E-state index in [0.29, 0.717) is 5.57 Å². The number of hydrogen-bond donors (Lipinski definition) is 2. The molecule has 1 saturated carbocycles. The highest BCUT2D eigenvalue weighted by molar-refractivity contribution is 5.92.